The van der Waals surface area contributed by atoms with E-state index in [-0.39, 0.29) is 18.2 Å². The first-order chi connectivity index (χ1) is 7.88. The van der Waals surface area contributed by atoms with E-state index in [1.165, 1.54) is 12.1 Å². The van der Waals surface area contributed by atoms with E-state index in [1.807, 2.05) is 0 Å². The summed E-state index contributed by atoms with van der Waals surface area (Å²) in [7, 11) is -3.47. The average molecular weight is 257 g/mol. The van der Waals surface area contributed by atoms with Crippen molar-refractivity contribution in [3.05, 3.63) is 18.2 Å². The summed E-state index contributed by atoms with van der Waals surface area (Å²) >= 11 is 0. The quantitative estimate of drug-likeness (QED) is 0.871. The Bertz CT molecular complexity index is 536. The van der Waals surface area contributed by atoms with Crippen LogP contribution in [0.5, 0.6) is 11.5 Å². The Hall–Kier alpha value is -1.27. The van der Waals surface area contributed by atoms with Crippen molar-refractivity contribution in [3.8, 4) is 11.5 Å². The Balaban J connectivity index is 2.48. The van der Waals surface area contributed by atoms with Crippen LogP contribution >= 0.6 is 0 Å². The molecule has 0 bridgehead atoms. The number of benzene rings is 1. The van der Waals surface area contributed by atoms with Gasteiger partial charge in [0.2, 0.25) is 6.79 Å². The number of fused-ring (bicyclic) bond motifs is 1. The highest BCUT2D eigenvalue weighted by Gasteiger charge is 2.35. The molecule has 17 heavy (non-hydrogen) atoms. The molecule has 0 spiro atoms. The minimum atomic E-state index is -3.47. The lowest BCUT2D eigenvalue weighted by Gasteiger charge is -2.22. The van der Waals surface area contributed by atoms with Gasteiger partial charge in [0.15, 0.2) is 21.3 Å². The lowest BCUT2D eigenvalue weighted by Crippen LogP contribution is -2.39. The van der Waals surface area contributed by atoms with E-state index in [0.717, 1.165) is 0 Å². The first-order valence-corrected chi connectivity index (χ1v) is 6.71. The average Bonchev–Trinajstić information content (AvgIpc) is 2.75. The van der Waals surface area contributed by atoms with Crippen molar-refractivity contribution in [2.45, 2.75) is 23.5 Å². The molecule has 1 aliphatic heterocycles. The highest BCUT2D eigenvalue weighted by atomic mass is 32.2. The second-order valence-electron chi connectivity index (χ2n) is 4.48. The van der Waals surface area contributed by atoms with Gasteiger partial charge in [0.25, 0.3) is 0 Å². The summed E-state index contributed by atoms with van der Waals surface area (Å²) in [5.74, 6) is 1.02. The van der Waals surface area contributed by atoms with Gasteiger partial charge in [0.1, 0.15) is 0 Å². The van der Waals surface area contributed by atoms with E-state index >= 15 is 0 Å². The molecule has 2 N–H and O–H groups in total. The molecule has 1 aliphatic rings. The molecule has 94 valence electrons. The summed E-state index contributed by atoms with van der Waals surface area (Å²) < 4.78 is 33.9. The van der Waals surface area contributed by atoms with Crippen LogP contribution in [-0.2, 0) is 9.84 Å². The molecule has 0 amide bonds. The minimum Gasteiger partial charge on any atom is -0.454 e. The predicted molar refractivity (Wildman–Crippen MR) is 62.9 cm³/mol. The molecule has 1 aromatic carbocycles. The monoisotopic (exact) mass is 257 g/mol. The zero-order valence-corrected chi connectivity index (χ0v) is 10.6. The molecular formula is C11H15NO4S. The third kappa shape index (κ3) is 1.87. The van der Waals surface area contributed by atoms with Crippen LogP contribution in [-0.4, -0.2) is 26.5 Å². The molecule has 0 aromatic heterocycles. The van der Waals surface area contributed by atoms with Gasteiger partial charge in [-0.3, -0.25) is 0 Å². The SMILES string of the molecule is CC(C)(CN)S(=O)(=O)c1ccc2c(c1)OCO2. The summed E-state index contributed by atoms with van der Waals surface area (Å²) in [4.78, 5) is 0.206. The fourth-order valence-corrected chi connectivity index (χ4v) is 2.84. The highest BCUT2D eigenvalue weighted by Crippen LogP contribution is 2.36. The van der Waals surface area contributed by atoms with Crippen molar-refractivity contribution in [3.63, 3.8) is 0 Å². The number of nitrogens with two attached hydrogens (primary N) is 1. The molecule has 0 fully saturated rings. The number of rotatable bonds is 3. The second-order valence-corrected chi connectivity index (χ2v) is 7.07. The Morgan fingerprint density at radius 3 is 2.59 bits per heavy atom. The molecule has 2 rings (SSSR count). The molecule has 6 heteroatoms. The number of hydrogen-bond acceptors (Lipinski definition) is 5. The smallest absolute Gasteiger partial charge is 0.231 e. The summed E-state index contributed by atoms with van der Waals surface area (Å²) in [5, 5.41) is 0. The van der Waals surface area contributed by atoms with Crippen LogP contribution in [0.15, 0.2) is 23.1 Å². The Kier molecular flexibility index (Phi) is 2.79. The normalized spacial score (nSPS) is 15.0. The van der Waals surface area contributed by atoms with Crippen LogP contribution in [0.3, 0.4) is 0 Å². The zero-order chi connectivity index (χ0) is 12.7. The molecule has 0 radical (unpaired) electrons. The number of sulfone groups is 1. The van der Waals surface area contributed by atoms with E-state index in [2.05, 4.69) is 0 Å². The van der Waals surface area contributed by atoms with Gasteiger partial charge in [0.05, 0.1) is 9.64 Å². The maximum atomic E-state index is 12.3. The first kappa shape index (κ1) is 12.2. The summed E-state index contributed by atoms with van der Waals surface area (Å²) in [6, 6.07) is 4.59. The molecule has 0 unspecified atom stereocenters. The number of hydrogen-bond donors (Lipinski definition) is 1. The molecular weight excluding hydrogens is 242 g/mol. The van der Waals surface area contributed by atoms with Crippen LogP contribution in [0.1, 0.15) is 13.8 Å². The second kappa shape index (κ2) is 3.89. The third-order valence-corrected chi connectivity index (χ3v) is 5.37. The minimum absolute atomic E-state index is 0.0593. The van der Waals surface area contributed by atoms with E-state index < -0.39 is 14.6 Å². The number of ether oxygens (including phenoxy) is 2. The van der Waals surface area contributed by atoms with E-state index in [4.69, 9.17) is 15.2 Å². The van der Waals surface area contributed by atoms with Gasteiger partial charge in [0, 0.05) is 12.6 Å². The standard InChI is InChI=1S/C11H15NO4S/c1-11(2,6-12)17(13,14)8-3-4-9-10(5-8)16-7-15-9/h3-5H,6-7,12H2,1-2H3. The maximum absolute atomic E-state index is 12.3. The lowest BCUT2D eigenvalue weighted by molar-refractivity contribution is 0.174. The Morgan fingerprint density at radius 1 is 1.29 bits per heavy atom. The van der Waals surface area contributed by atoms with Gasteiger partial charge in [-0.05, 0) is 26.0 Å². The largest absolute Gasteiger partial charge is 0.454 e. The Labute approximate surface area is 100 Å². The van der Waals surface area contributed by atoms with Crippen molar-refractivity contribution in [1.29, 1.82) is 0 Å². The molecule has 0 aliphatic carbocycles. The van der Waals surface area contributed by atoms with Gasteiger partial charge >= 0.3 is 0 Å². The van der Waals surface area contributed by atoms with Gasteiger partial charge in [-0.1, -0.05) is 0 Å². The summed E-state index contributed by atoms with van der Waals surface area (Å²) in [6.45, 7) is 3.39. The molecule has 1 heterocycles. The van der Waals surface area contributed by atoms with Crippen molar-refractivity contribution in [2.24, 2.45) is 5.73 Å². The van der Waals surface area contributed by atoms with Crippen molar-refractivity contribution < 1.29 is 17.9 Å². The molecule has 0 saturated heterocycles. The molecule has 0 saturated carbocycles. The van der Waals surface area contributed by atoms with E-state index in [1.54, 1.807) is 19.9 Å². The van der Waals surface area contributed by atoms with Crippen molar-refractivity contribution >= 4 is 9.84 Å². The zero-order valence-electron chi connectivity index (χ0n) is 9.76. The van der Waals surface area contributed by atoms with Crippen LogP contribution in [0.25, 0.3) is 0 Å². The maximum Gasteiger partial charge on any atom is 0.231 e. The summed E-state index contributed by atoms with van der Waals surface area (Å²) in [6.07, 6.45) is 0. The first-order valence-electron chi connectivity index (χ1n) is 5.23. The van der Waals surface area contributed by atoms with E-state index in [0.29, 0.717) is 11.5 Å². The van der Waals surface area contributed by atoms with E-state index in [9.17, 15) is 8.42 Å². The predicted octanol–water partition coefficient (Wildman–Crippen LogP) is 0.926. The van der Waals surface area contributed by atoms with Gasteiger partial charge in [-0.25, -0.2) is 8.42 Å². The summed E-state index contributed by atoms with van der Waals surface area (Å²) in [5.41, 5.74) is 5.51. The molecule has 0 atom stereocenters. The highest BCUT2D eigenvalue weighted by molar-refractivity contribution is 7.92. The topological polar surface area (TPSA) is 78.6 Å². The van der Waals surface area contributed by atoms with Crippen LogP contribution in [0.4, 0.5) is 0 Å². The Morgan fingerprint density at radius 2 is 1.94 bits per heavy atom. The lowest BCUT2D eigenvalue weighted by atomic mass is 10.2. The fourth-order valence-electron chi connectivity index (χ4n) is 1.47. The van der Waals surface area contributed by atoms with Crippen molar-refractivity contribution in [1.82, 2.24) is 0 Å². The van der Waals surface area contributed by atoms with Crippen LogP contribution in [0.2, 0.25) is 0 Å². The fraction of sp³-hybridized carbons (Fsp3) is 0.455. The van der Waals surface area contributed by atoms with Crippen molar-refractivity contribution in [2.75, 3.05) is 13.3 Å². The van der Waals surface area contributed by atoms with Gasteiger partial charge < -0.3 is 15.2 Å². The molecule has 1 aromatic rings. The van der Waals surface area contributed by atoms with Crippen LogP contribution < -0.4 is 15.2 Å². The van der Waals surface area contributed by atoms with Gasteiger partial charge in [-0.15, -0.1) is 0 Å². The third-order valence-electron chi connectivity index (χ3n) is 2.87. The van der Waals surface area contributed by atoms with Crippen LogP contribution in [0, 0.1) is 0 Å². The van der Waals surface area contributed by atoms with Gasteiger partial charge in [-0.2, -0.15) is 0 Å². The molecule has 5 nitrogen and oxygen atoms in total.